The molecule has 3 N–H and O–H groups in total. The summed E-state index contributed by atoms with van der Waals surface area (Å²) in [4.78, 5) is 39.1. The van der Waals surface area contributed by atoms with Crippen molar-refractivity contribution in [1.29, 1.82) is 5.41 Å². The van der Waals surface area contributed by atoms with E-state index in [1.807, 2.05) is 6.92 Å². The van der Waals surface area contributed by atoms with E-state index in [0.717, 1.165) is 0 Å². The second-order valence-corrected chi connectivity index (χ2v) is 8.87. The number of β-lactam (4-membered cyclic amide) rings is 1. The van der Waals surface area contributed by atoms with Crippen LogP contribution < -0.4 is 0 Å². The van der Waals surface area contributed by atoms with Crippen molar-refractivity contribution in [3.05, 3.63) is 10.6 Å². The quantitative estimate of drug-likeness (QED) is 0.239. The first-order valence-electron chi connectivity index (χ1n) is 9.22. The monoisotopic (exact) mass is 411 g/mol. The van der Waals surface area contributed by atoms with Gasteiger partial charge in [0.1, 0.15) is 12.3 Å². The van der Waals surface area contributed by atoms with Crippen molar-refractivity contribution in [3.63, 3.8) is 0 Å². The lowest BCUT2D eigenvalue weighted by molar-refractivity contribution is -0.163. The number of carboxylic acids is 1. The number of carbonyl (C=O) groups is 3. The van der Waals surface area contributed by atoms with E-state index in [9.17, 15) is 24.6 Å². The fourth-order valence-corrected chi connectivity index (χ4v) is 5.95. The first-order chi connectivity index (χ1) is 13.2. The van der Waals surface area contributed by atoms with Crippen molar-refractivity contribution >= 4 is 35.9 Å². The van der Waals surface area contributed by atoms with E-state index in [4.69, 9.17) is 10.1 Å². The Morgan fingerprint density at radius 2 is 2.14 bits per heavy atom. The predicted octanol–water partition coefficient (Wildman–Crippen LogP) is 0.486. The Morgan fingerprint density at radius 3 is 2.68 bits per heavy atom. The number of hydrogen-bond acceptors (Lipinski definition) is 7. The Morgan fingerprint density at radius 1 is 1.46 bits per heavy atom. The summed E-state index contributed by atoms with van der Waals surface area (Å²) in [7, 11) is 0. The van der Waals surface area contributed by atoms with E-state index < -0.39 is 18.0 Å². The average Bonchev–Trinajstić information content (AvgIpc) is 3.10. The number of aliphatic carboxylic acids is 1. The number of nitrogens with zero attached hydrogens (tertiary/aromatic N) is 2. The molecule has 10 heteroatoms. The predicted molar refractivity (Wildman–Crippen MR) is 102 cm³/mol. The number of aliphatic hydroxyl groups is 1. The van der Waals surface area contributed by atoms with Crippen LogP contribution in [0, 0.1) is 17.2 Å². The van der Waals surface area contributed by atoms with E-state index in [2.05, 4.69) is 0 Å². The molecule has 0 aromatic carbocycles. The zero-order valence-electron chi connectivity index (χ0n) is 16.0. The molecule has 28 heavy (non-hydrogen) atoms. The third-order valence-corrected chi connectivity index (χ3v) is 7.16. The molecule has 0 aromatic rings. The second-order valence-electron chi connectivity index (χ2n) is 7.53. The molecule has 1 amide bonds. The number of hydrogen-bond donors (Lipinski definition) is 3. The molecule has 5 unspecified atom stereocenters. The van der Waals surface area contributed by atoms with E-state index in [-0.39, 0.29) is 47.4 Å². The lowest BCUT2D eigenvalue weighted by atomic mass is 9.79. The molecule has 0 spiro atoms. The summed E-state index contributed by atoms with van der Waals surface area (Å²) in [6.45, 7) is 5.48. The number of carbonyl (C=O) groups excluding carboxylic acids is 2. The highest BCUT2D eigenvalue weighted by Crippen LogP contribution is 2.52. The zero-order chi connectivity index (χ0) is 20.7. The highest BCUT2D eigenvalue weighted by molar-refractivity contribution is 8.03. The van der Waals surface area contributed by atoms with Crippen LogP contribution in [0.5, 0.6) is 0 Å². The van der Waals surface area contributed by atoms with Crippen molar-refractivity contribution in [3.8, 4) is 0 Å². The maximum Gasteiger partial charge on any atom is 0.353 e. The molecule has 0 bridgehead atoms. The van der Waals surface area contributed by atoms with Gasteiger partial charge in [0.05, 0.1) is 30.4 Å². The number of thioether (sulfide) groups is 1. The minimum atomic E-state index is -1.15. The van der Waals surface area contributed by atoms with Gasteiger partial charge < -0.3 is 24.7 Å². The molecule has 9 nitrogen and oxygen atoms in total. The van der Waals surface area contributed by atoms with Crippen molar-refractivity contribution in [2.75, 3.05) is 13.2 Å². The topological polar surface area (TPSA) is 131 Å². The van der Waals surface area contributed by atoms with Gasteiger partial charge in [-0.25, -0.2) is 4.79 Å². The molecule has 0 aliphatic carbocycles. The number of amides is 1. The molecular formula is C18H25N3O6S. The van der Waals surface area contributed by atoms with Crippen molar-refractivity contribution in [2.24, 2.45) is 11.8 Å². The minimum absolute atomic E-state index is 0.00719. The van der Waals surface area contributed by atoms with Crippen LogP contribution in [0.3, 0.4) is 0 Å². The van der Waals surface area contributed by atoms with Gasteiger partial charge in [-0.3, -0.25) is 15.0 Å². The summed E-state index contributed by atoms with van der Waals surface area (Å²) in [5.74, 6) is -2.64. The smallest absolute Gasteiger partial charge is 0.353 e. The molecule has 2 saturated heterocycles. The number of carboxylic acid groups (broad SMARTS) is 1. The molecule has 0 aromatic heterocycles. The number of esters is 1. The van der Waals surface area contributed by atoms with E-state index in [1.165, 1.54) is 29.9 Å². The Kier molecular flexibility index (Phi) is 5.72. The Hall–Kier alpha value is -2.07. The van der Waals surface area contributed by atoms with E-state index in [1.54, 1.807) is 11.8 Å². The van der Waals surface area contributed by atoms with Crippen molar-refractivity contribution in [2.45, 2.75) is 50.6 Å². The van der Waals surface area contributed by atoms with Crippen molar-refractivity contribution in [1.82, 2.24) is 9.80 Å². The molecule has 0 saturated carbocycles. The van der Waals surface area contributed by atoms with Crippen LogP contribution in [0.1, 0.15) is 27.2 Å². The maximum atomic E-state index is 12.4. The lowest BCUT2D eigenvalue weighted by Gasteiger charge is -2.46. The second kappa shape index (κ2) is 7.75. The number of fused-ring (bicyclic) bond motifs is 1. The average molecular weight is 411 g/mol. The van der Waals surface area contributed by atoms with Gasteiger partial charge in [-0.1, -0.05) is 6.92 Å². The molecule has 3 aliphatic heterocycles. The summed E-state index contributed by atoms with van der Waals surface area (Å²) >= 11 is 1.42. The van der Waals surface area contributed by atoms with Crippen LogP contribution >= 0.6 is 11.8 Å². The molecular weight excluding hydrogens is 386 g/mol. The van der Waals surface area contributed by atoms with Gasteiger partial charge in [0.2, 0.25) is 5.91 Å². The summed E-state index contributed by atoms with van der Waals surface area (Å²) in [5.41, 5.74) is 0.00855. The fraction of sp³-hybridized carbons (Fsp3) is 0.667. The summed E-state index contributed by atoms with van der Waals surface area (Å²) in [6.07, 6.45) is 1.01. The van der Waals surface area contributed by atoms with Gasteiger partial charge in [0, 0.05) is 29.5 Å². The van der Waals surface area contributed by atoms with Gasteiger partial charge in [0.15, 0.2) is 0 Å². The van der Waals surface area contributed by atoms with Crippen LogP contribution in [0.25, 0.3) is 0 Å². The van der Waals surface area contributed by atoms with Crippen LogP contribution in [0.2, 0.25) is 0 Å². The normalized spacial score (nSPS) is 32.9. The zero-order valence-corrected chi connectivity index (χ0v) is 16.8. The standard InChI is InChI=1S/C18H25N3O6S/c1-8-14-13(9(2)22)17(24)21(14)15(18(25)26)16(8)28-12-4-11(6-27-10(3)23)20(5-12)7-19/h7-9,11-14,19,22H,4-6H2,1-3H3,(H,25,26)/t8?,9?,11?,12?,13?,14-/m1/s1. The van der Waals surface area contributed by atoms with Crippen molar-refractivity contribution < 1.29 is 29.3 Å². The highest BCUT2D eigenvalue weighted by Gasteiger charge is 2.60. The molecule has 3 heterocycles. The lowest BCUT2D eigenvalue weighted by Crippen LogP contribution is -2.63. The number of likely N-dealkylation sites (tertiary alicyclic amines) is 1. The van der Waals surface area contributed by atoms with Crippen LogP contribution in [0.4, 0.5) is 0 Å². The Labute approximate surface area is 167 Å². The summed E-state index contributed by atoms with van der Waals surface area (Å²) < 4.78 is 5.08. The highest BCUT2D eigenvalue weighted by atomic mass is 32.2. The van der Waals surface area contributed by atoms with Crippen LogP contribution in [-0.2, 0) is 19.1 Å². The Balaban J connectivity index is 1.78. The number of rotatable bonds is 7. The first kappa shape index (κ1) is 20.7. The largest absolute Gasteiger partial charge is 0.477 e. The van der Waals surface area contributed by atoms with Crippen LogP contribution in [0.15, 0.2) is 10.6 Å². The van der Waals surface area contributed by atoms with Crippen LogP contribution in [-0.4, -0.2) is 80.8 Å². The molecule has 3 aliphatic rings. The van der Waals surface area contributed by atoms with E-state index in [0.29, 0.717) is 17.9 Å². The molecule has 2 fully saturated rings. The van der Waals surface area contributed by atoms with E-state index >= 15 is 0 Å². The number of aliphatic hydroxyl groups excluding tert-OH is 1. The molecule has 154 valence electrons. The van der Waals surface area contributed by atoms with Gasteiger partial charge in [0.25, 0.3) is 0 Å². The van der Waals surface area contributed by atoms with Gasteiger partial charge in [-0.15, -0.1) is 11.8 Å². The summed E-state index contributed by atoms with van der Waals surface area (Å²) in [5, 5.41) is 27.2. The first-order valence-corrected chi connectivity index (χ1v) is 10.1. The SMILES string of the molecule is CC(=O)OCC1CC(SC2=C(C(=O)O)N3C(=O)C(C(C)O)[C@H]3C2C)CN1C=N. The molecule has 6 atom stereocenters. The van der Waals surface area contributed by atoms with Gasteiger partial charge in [-0.2, -0.15) is 0 Å². The number of ether oxygens (including phenoxy) is 1. The minimum Gasteiger partial charge on any atom is -0.477 e. The molecule has 3 rings (SSSR count). The maximum absolute atomic E-state index is 12.4. The third kappa shape index (κ3) is 3.39. The summed E-state index contributed by atoms with van der Waals surface area (Å²) in [6, 6.07) is -0.466. The third-order valence-electron chi connectivity index (χ3n) is 5.67. The van der Waals surface area contributed by atoms with Gasteiger partial charge >= 0.3 is 11.9 Å². The molecule has 0 radical (unpaired) electrons. The fourth-order valence-electron chi connectivity index (χ4n) is 4.38. The Bertz CT molecular complexity index is 739. The van der Waals surface area contributed by atoms with Gasteiger partial charge in [-0.05, 0) is 13.3 Å². The number of nitrogens with one attached hydrogen (secondary N) is 1.